The van der Waals surface area contributed by atoms with Gasteiger partial charge in [0.05, 0.1) is 17.6 Å². The van der Waals surface area contributed by atoms with E-state index in [2.05, 4.69) is 35.9 Å². The van der Waals surface area contributed by atoms with E-state index in [0.717, 1.165) is 24.9 Å². The van der Waals surface area contributed by atoms with E-state index in [1.54, 1.807) is 12.1 Å². The fraction of sp³-hybridized carbons (Fsp3) is 0.667. The van der Waals surface area contributed by atoms with Gasteiger partial charge in [0.1, 0.15) is 0 Å². The van der Waals surface area contributed by atoms with Gasteiger partial charge in [-0.3, -0.25) is 4.90 Å². The molecule has 1 heterocycles. The Labute approximate surface area is 175 Å². The highest BCUT2D eigenvalue weighted by Gasteiger charge is 2.24. The van der Waals surface area contributed by atoms with Crippen molar-refractivity contribution in [1.82, 2.24) is 15.5 Å². The lowest BCUT2D eigenvalue weighted by molar-refractivity contribution is 0.0792. The number of nitrogens with zero attached hydrogens (tertiary/aromatic N) is 1. The molecule has 0 spiro atoms. The molecule has 7 nitrogen and oxygen atoms in total. The van der Waals surface area contributed by atoms with E-state index in [1.165, 1.54) is 6.26 Å². The van der Waals surface area contributed by atoms with Crippen LogP contribution in [0.3, 0.4) is 0 Å². The maximum atomic E-state index is 11.6. The number of likely N-dealkylation sites (tertiary alicyclic amines) is 1. The standard InChI is InChI=1S/C21H36N3O4S/c1-16(2)21(15-25)23-18(13-24-10-4-5-19(26)14-24)12-22-11-17-6-8-20(9-7-17)29(3,27)28/h6-9,13,16,18-19,21-23,25-26H,4-5,10-12,14-15H2,1-3H3. The Morgan fingerprint density at radius 1 is 1.28 bits per heavy atom. The zero-order valence-corrected chi connectivity index (χ0v) is 18.5. The molecule has 8 heteroatoms. The molecule has 165 valence electrons. The highest BCUT2D eigenvalue weighted by Crippen LogP contribution is 2.14. The Balaban J connectivity index is 1.93. The predicted octanol–water partition coefficient (Wildman–Crippen LogP) is 0.773. The molecule has 1 fully saturated rings. The molecule has 1 saturated heterocycles. The number of aliphatic hydroxyl groups is 2. The minimum absolute atomic E-state index is 0.00939. The Morgan fingerprint density at radius 3 is 2.52 bits per heavy atom. The molecule has 4 N–H and O–H groups in total. The topological polar surface area (TPSA) is 102 Å². The minimum atomic E-state index is -3.18. The average molecular weight is 427 g/mol. The van der Waals surface area contributed by atoms with Crippen LogP contribution in [0.4, 0.5) is 0 Å². The highest BCUT2D eigenvalue weighted by atomic mass is 32.2. The lowest BCUT2D eigenvalue weighted by Crippen LogP contribution is -2.52. The van der Waals surface area contributed by atoms with E-state index in [0.29, 0.717) is 30.4 Å². The molecule has 0 aliphatic carbocycles. The van der Waals surface area contributed by atoms with Gasteiger partial charge in [-0.1, -0.05) is 26.0 Å². The summed E-state index contributed by atoms with van der Waals surface area (Å²) in [4.78, 5) is 2.48. The van der Waals surface area contributed by atoms with E-state index in [-0.39, 0.29) is 24.8 Å². The van der Waals surface area contributed by atoms with Crippen molar-refractivity contribution < 1.29 is 18.6 Å². The quantitative estimate of drug-likeness (QED) is 0.415. The van der Waals surface area contributed by atoms with E-state index in [9.17, 15) is 18.6 Å². The maximum absolute atomic E-state index is 11.6. The lowest BCUT2D eigenvalue weighted by atomic mass is 10.0. The summed E-state index contributed by atoms with van der Waals surface area (Å²) >= 11 is 0. The first kappa shape index (κ1) is 24.2. The normalized spacial score (nSPS) is 20.7. The van der Waals surface area contributed by atoms with Gasteiger partial charge in [0.15, 0.2) is 9.84 Å². The van der Waals surface area contributed by atoms with Crippen LogP contribution < -0.4 is 10.6 Å². The van der Waals surface area contributed by atoms with E-state index in [4.69, 9.17) is 0 Å². The summed E-state index contributed by atoms with van der Waals surface area (Å²) in [6.45, 7) is 9.17. The molecule has 2 rings (SSSR count). The van der Waals surface area contributed by atoms with Gasteiger partial charge in [-0.2, -0.15) is 0 Å². The van der Waals surface area contributed by atoms with E-state index < -0.39 is 9.84 Å². The first-order valence-electron chi connectivity index (χ1n) is 10.3. The Kier molecular flexibility index (Phi) is 9.52. The molecule has 3 unspecified atom stereocenters. The molecule has 0 saturated carbocycles. The van der Waals surface area contributed by atoms with E-state index >= 15 is 0 Å². The fourth-order valence-electron chi connectivity index (χ4n) is 3.49. The molecule has 1 aliphatic heterocycles. The van der Waals surface area contributed by atoms with Crippen molar-refractivity contribution in [3.8, 4) is 0 Å². The Bertz CT molecular complexity index is 709. The van der Waals surface area contributed by atoms with Gasteiger partial charge in [0, 0.05) is 44.5 Å². The van der Waals surface area contributed by atoms with Crippen molar-refractivity contribution in [3.05, 3.63) is 36.4 Å². The summed E-state index contributed by atoms with van der Waals surface area (Å²) in [7, 11) is -3.18. The maximum Gasteiger partial charge on any atom is 0.175 e. The third kappa shape index (κ3) is 8.32. The number of rotatable bonds is 11. The van der Waals surface area contributed by atoms with Crippen LogP contribution in [0, 0.1) is 12.5 Å². The third-order valence-electron chi connectivity index (χ3n) is 5.29. The first-order valence-corrected chi connectivity index (χ1v) is 12.2. The zero-order valence-electron chi connectivity index (χ0n) is 17.7. The fourth-order valence-corrected chi connectivity index (χ4v) is 4.12. The molecule has 1 aromatic rings. The van der Waals surface area contributed by atoms with Crippen LogP contribution in [0.2, 0.25) is 0 Å². The first-order chi connectivity index (χ1) is 13.7. The predicted molar refractivity (Wildman–Crippen MR) is 115 cm³/mol. The molecular weight excluding hydrogens is 390 g/mol. The van der Waals surface area contributed by atoms with Crippen LogP contribution in [0.25, 0.3) is 0 Å². The van der Waals surface area contributed by atoms with Crippen LogP contribution >= 0.6 is 0 Å². The highest BCUT2D eigenvalue weighted by molar-refractivity contribution is 7.90. The second-order valence-corrected chi connectivity index (χ2v) is 10.3. The van der Waals surface area contributed by atoms with Gasteiger partial charge in [0.2, 0.25) is 0 Å². The molecule has 3 atom stereocenters. The van der Waals surface area contributed by atoms with Gasteiger partial charge < -0.3 is 20.8 Å². The van der Waals surface area contributed by atoms with Gasteiger partial charge in [-0.15, -0.1) is 0 Å². The van der Waals surface area contributed by atoms with Crippen LogP contribution in [-0.4, -0.2) is 74.2 Å². The van der Waals surface area contributed by atoms with Crippen molar-refractivity contribution in [2.75, 3.05) is 32.5 Å². The molecule has 1 radical (unpaired) electrons. The molecule has 0 amide bonds. The summed E-state index contributed by atoms with van der Waals surface area (Å²) in [5.74, 6) is 0.298. The number of sulfone groups is 1. The zero-order chi connectivity index (χ0) is 21.4. The number of β-amino-alcohol motifs (C(OH)–C–C–N with tert-alkyl or cyclic N) is 1. The lowest BCUT2D eigenvalue weighted by Gasteiger charge is -2.35. The number of nitrogens with one attached hydrogen (secondary N) is 2. The van der Waals surface area contributed by atoms with Crippen molar-refractivity contribution >= 4 is 9.84 Å². The Morgan fingerprint density at radius 2 is 1.97 bits per heavy atom. The second kappa shape index (κ2) is 11.4. The summed E-state index contributed by atoms with van der Waals surface area (Å²) in [6.07, 6.45) is 2.73. The van der Waals surface area contributed by atoms with Crippen molar-refractivity contribution in [3.63, 3.8) is 0 Å². The average Bonchev–Trinajstić information content (AvgIpc) is 2.65. The van der Waals surface area contributed by atoms with Gasteiger partial charge >= 0.3 is 0 Å². The van der Waals surface area contributed by atoms with Crippen LogP contribution in [-0.2, 0) is 16.4 Å². The summed E-state index contributed by atoms with van der Waals surface area (Å²) in [6, 6.07) is 6.90. The number of benzene rings is 1. The largest absolute Gasteiger partial charge is 0.395 e. The summed E-state index contributed by atoms with van der Waals surface area (Å²) in [5, 5.41) is 26.5. The number of hydrogen-bond donors (Lipinski definition) is 4. The molecule has 0 bridgehead atoms. The van der Waals surface area contributed by atoms with Gasteiger partial charge in [-0.25, -0.2) is 8.42 Å². The summed E-state index contributed by atoms with van der Waals surface area (Å²) in [5.41, 5.74) is 1.01. The number of hydrogen-bond acceptors (Lipinski definition) is 7. The van der Waals surface area contributed by atoms with Crippen LogP contribution in [0.15, 0.2) is 29.2 Å². The second-order valence-electron chi connectivity index (χ2n) is 8.29. The smallest absolute Gasteiger partial charge is 0.175 e. The molecule has 29 heavy (non-hydrogen) atoms. The molecule has 0 aromatic heterocycles. The number of piperidine rings is 1. The van der Waals surface area contributed by atoms with Gasteiger partial charge in [0.25, 0.3) is 0 Å². The number of aliphatic hydroxyl groups excluding tert-OH is 2. The van der Waals surface area contributed by atoms with Gasteiger partial charge in [-0.05, 0) is 43.0 Å². The molecular formula is C21H36N3O4S. The van der Waals surface area contributed by atoms with Crippen LogP contribution in [0.1, 0.15) is 32.3 Å². The molecule has 1 aliphatic rings. The SMILES string of the molecule is CC(C)C(CO)NC([CH]N1CCCC(O)C1)CNCc1ccc(S(C)(=O)=O)cc1. The van der Waals surface area contributed by atoms with Crippen LogP contribution in [0.5, 0.6) is 0 Å². The van der Waals surface area contributed by atoms with Crippen molar-refractivity contribution in [2.24, 2.45) is 5.92 Å². The van der Waals surface area contributed by atoms with Crippen molar-refractivity contribution in [2.45, 2.75) is 56.3 Å². The van der Waals surface area contributed by atoms with Crippen molar-refractivity contribution in [1.29, 1.82) is 0 Å². The monoisotopic (exact) mass is 426 g/mol. The third-order valence-corrected chi connectivity index (χ3v) is 6.42. The minimum Gasteiger partial charge on any atom is -0.395 e. The summed E-state index contributed by atoms with van der Waals surface area (Å²) < 4.78 is 23.1. The van der Waals surface area contributed by atoms with E-state index in [1.807, 2.05) is 12.1 Å². The molecule has 1 aromatic carbocycles. The Hall–Kier alpha value is -1.03.